The second-order valence-corrected chi connectivity index (χ2v) is 9.32. The van der Waals surface area contributed by atoms with Crippen LogP contribution < -0.4 is 20.4 Å². The number of rotatable bonds is 9. The Kier molecular flexibility index (Phi) is 6.81. The largest absolute Gasteiger partial charge is 0.494 e. The molecule has 0 unspecified atom stereocenters. The van der Waals surface area contributed by atoms with E-state index < -0.39 is 0 Å². The van der Waals surface area contributed by atoms with E-state index in [1.807, 2.05) is 35.7 Å². The first-order valence-electron chi connectivity index (χ1n) is 11.8. The third-order valence-corrected chi connectivity index (χ3v) is 6.74. The molecule has 8 heteroatoms. The van der Waals surface area contributed by atoms with Crippen molar-refractivity contribution in [2.24, 2.45) is 0 Å². The van der Waals surface area contributed by atoms with E-state index in [1.165, 1.54) is 11.3 Å². The molecule has 2 heterocycles. The zero-order valence-corrected chi connectivity index (χ0v) is 20.3. The lowest BCUT2D eigenvalue weighted by atomic mass is 10.1. The standard InChI is InChI=1S/C27H26N2O5S/c1-2-3-13-32-18-9-7-17(8-10-18)23-16-35-27(28-23)29-25(30)15-33-19-11-12-21-20-5-4-6-22(20)26(31)34-24(21)14-19/h7-12,14,16H,2-6,13,15H2,1H3,(H,28,29,30). The molecule has 180 valence electrons. The summed E-state index contributed by atoms with van der Waals surface area (Å²) in [6.07, 6.45) is 4.74. The molecule has 2 aromatic carbocycles. The van der Waals surface area contributed by atoms with E-state index in [0.717, 1.165) is 65.6 Å². The second-order valence-electron chi connectivity index (χ2n) is 8.46. The van der Waals surface area contributed by atoms with Gasteiger partial charge in [0.2, 0.25) is 0 Å². The van der Waals surface area contributed by atoms with Crippen LogP contribution in [0, 0.1) is 0 Å². The van der Waals surface area contributed by atoms with Gasteiger partial charge >= 0.3 is 5.63 Å². The highest BCUT2D eigenvalue weighted by Gasteiger charge is 2.20. The number of fused-ring (bicyclic) bond motifs is 3. The van der Waals surface area contributed by atoms with E-state index in [-0.39, 0.29) is 18.1 Å². The molecular weight excluding hydrogens is 464 g/mol. The van der Waals surface area contributed by atoms with Gasteiger partial charge in [-0.05, 0) is 67.6 Å². The maximum atomic E-state index is 12.4. The third-order valence-electron chi connectivity index (χ3n) is 5.98. The maximum Gasteiger partial charge on any atom is 0.339 e. The van der Waals surface area contributed by atoms with Gasteiger partial charge in [0.1, 0.15) is 17.1 Å². The van der Waals surface area contributed by atoms with Crippen LogP contribution >= 0.6 is 11.3 Å². The van der Waals surface area contributed by atoms with Crippen molar-refractivity contribution in [3.8, 4) is 22.8 Å². The Bertz CT molecular complexity index is 1410. The quantitative estimate of drug-likeness (QED) is 0.243. The number of nitrogens with one attached hydrogen (secondary N) is 1. The highest BCUT2D eigenvalue weighted by Crippen LogP contribution is 2.30. The zero-order valence-electron chi connectivity index (χ0n) is 19.5. The molecule has 0 spiro atoms. The van der Waals surface area contributed by atoms with Crippen LogP contribution in [0.25, 0.3) is 22.2 Å². The molecular formula is C27H26N2O5S. The first kappa shape index (κ1) is 23.1. The number of amides is 1. The SMILES string of the molecule is CCCCOc1ccc(-c2csc(NC(=O)COc3ccc4c5c(c(=O)oc4c3)CCC5)n2)cc1. The molecule has 0 saturated heterocycles. The lowest BCUT2D eigenvalue weighted by molar-refractivity contribution is -0.118. The Morgan fingerprint density at radius 1 is 1.09 bits per heavy atom. The average Bonchev–Trinajstić information content (AvgIpc) is 3.54. The number of ether oxygens (including phenoxy) is 2. The number of hydrogen-bond donors (Lipinski definition) is 1. The number of aryl methyl sites for hydroxylation is 1. The van der Waals surface area contributed by atoms with Crippen molar-refractivity contribution in [1.29, 1.82) is 0 Å². The van der Waals surface area contributed by atoms with Crippen molar-refractivity contribution < 1.29 is 18.7 Å². The molecule has 0 radical (unpaired) electrons. The van der Waals surface area contributed by atoms with Gasteiger partial charge in [-0.2, -0.15) is 0 Å². The van der Waals surface area contributed by atoms with Gasteiger partial charge in [-0.3, -0.25) is 10.1 Å². The minimum atomic E-state index is -0.318. The van der Waals surface area contributed by atoms with E-state index in [1.54, 1.807) is 12.1 Å². The molecule has 0 aliphatic heterocycles. The molecule has 35 heavy (non-hydrogen) atoms. The van der Waals surface area contributed by atoms with E-state index in [0.29, 0.717) is 23.1 Å². The number of carbonyl (C=O) groups excluding carboxylic acids is 1. The predicted octanol–water partition coefficient (Wildman–Crippen LogP) is 5.60. The number of carbonyl (C=O) groups is 1. The summed E-state index contributed by atoms with van der Waals surface area (Å²) in [6.45, 7) is 2.66. The first-order valence-corrected chi connectivity index (χ1v) is 12.7. The van der Waals surface area contributed by atoms with Gasteiger partial charge in [0, 0.05) is 28.0 Å². The summed E-state index contributed by atoms with van der Waals surface area (Å²) in [5.74, 6) is 0.983. The highest BCUT2D eigenvalue weighted by molar-refractivity contribution is 7.14. The maximum absolute atomic E-state index is 12.4. The van der Waals surface area contributed by atoms with Gasteiger partial charge in [0.15, 0.2) is 11.7 Å². The first-order chi connectivity index (χ1) is 17.1. The summed E-state index contributed by atoms with van der Waals surface area (Å²) < 4.78 is 16.8. The summed E-state index contributed by atoms with van der Waals surface area (Å²) in [5.41, 5.74) is 3.79. The van der Waals surface area contributed by atoms with Crippen LogP contribution in [-0.4, -0.2) is 24.1 Å². The van der Waals surface area contributed by atoms with Gasteiger partial charge in [0.05, 0.1) is 12.3 Å². The topological polar surface area (TPSA) is 90.7 Å². The molecule has 1 aliphatic rings. The minimum Gasteiger partial charge on any atom is -0.494 e. The van der Waals surface area contributed by atoms with E-state index in [9.17, 15) is 9.59 Å². The number of aromatic nitrogens is 1. The Labute approximate surface area is 206 Å². The van der Waals surface area contributed by atoms with Crippen molar-refractivity contribution in [2.45, 2.75) is 39.0 Å². The molecule has 2 aromatic heterocycles. The van der Waals surface area contributed by atoms with E-state index >= 15 is 0 Å². The lowest BCUT2D eigenvalue weighted by Gasteiger charge is -2.08. The second kappa shape index (κ2) is 10.3. The van der Waals surface area contributed by atoms with Crippen LogP contribution in [-0.2, 0) is 17.6 Å². The third kappa shape index (κ3) is 5.22. The monoisotopic (exact) mass is 490 g/mol. The molecule has 4 aromatic rings. The number of nitrogens with zero attached hydrogens (tertiary/aromatic N) is 1. The van der Waals surface area contributed by atoms with Crippen molar-refractivity contribution in [3.63, 3.8) is 0 Å². The van der Waals surface area contributed by atoms with Gasteiger partial charge in [0.25, 0.3) is 5.91 Å². The number of anilines is 1. The molecule has 1 N–H and O–H groups in total. The van der Waals surface area contributed by atoms with Crippen molar-refractivity contribution in [2.75, 3.05) is 18.5 Å². The number of hydrogen-bond acceptors (Lipinski definition) is 7. The molecule has 0 bridgehead atoms. The Morgan fingerprint density at radius 3 is 2.71 bits per heavy atom. The highest BCUT2D eigenvalue weighted by atomic mass is 32.1. The fraction of sp³-hybridized carbons (Fsp3) is 0.296. The molecule has 5 rings (SSSR count). The zero-order chi connectivity index (χ0) is 24.2. The summed E-state index contributed by atoms with van der Waals surface area (Å²) in [7, 11) is 0. The van der Waals surface area contributed by atoms with E-state index in [4.69, 9.17) is 13.9 Å². The molecule has 0 fully saturated rings. The fourth-order valence-electron chi connectivity index (χ4n) is 4.18. The Balaban J connectivity index is 1.18. The molecule has 1 amide bonds. The molecule has 7 nitrogen and oxygen atoms in total. The number of unbranched alkanes of at least 4 members (excludes halogenated alkanes) is 1. The number of benzene rings is 2. The summed E-state index contributed by atoms with van der Waals surface area (Å²) in [6, 6.07) is 13.1. The molecule has 1 aliphatic carbocycles. The van der Waals surface area contributed by atoms with Crippen molar-refractivity contribution in [1.82, 2.24) is 4.98 Å². The molecule has 0 atom stereocenters. The van der Waals surface area contributed by atoms with Crippen LogP contribution in [0.5, 0.6) is 11.5 Å². The number of thiazole rings is 1. The van der Waals surface area contributed by atoms with Gasteiger partial charge in [-0.1, -0.05) is 13.3 Å². The summed E-state index contributed by atoms with van der Waals surface area (Å²) in [5, 5.41) is 6.10. The van der Waals surface area contributed by atoms with Crippen molar-refractivity contribution >= 4 is 33.3 Å². The van der Waals surface area contributed by atoms with Crippen LogP contribution in [0.1, 0.15) is 37.3 Å². The fourth-order valence-corrected chi connectivity index (χ4v) is 4.91. The van der Waals surface area contributed by atoms with Crippen LogP contribution in [0.2, 0.25) is 0 Å². The minimum absolute atomic E-state index is 0.181. The van der Waals surface area contributed by atoms with Crippen LogP contribution in [0.3, 0.4) is 0 Å². The van der Waals surface area contributed by atoms with Crippen LogP contribution in [0.4, 0.5) is 5.13 Å². The van der Waals surface area contributed by atoms with Crippen LogP contribution in [0.15, 0.2) is 57.1 Å². The predicted molar refractivity (Wildman–Crippen MR) is 137 cm³/mol. The Morgan fingerprint density at radius 2 is 1.89 bits per heavy atom. The van der Waals surface area contributed by atoms with Gasteiger partial charge < -0.3 is 13.9 Å². The van der Waals surface area contributed by atoms with Gasteiger partial charge in [-0.15, -0.1) is 11.3 Å². The van der Waals surface area contributed by atoms with Crippen molar-refractivity contribution in [3.05, 3.63) is 69.4 Å². The average molecular weight is 491 g/mol. The summed E-state index contributed by atoms with van der Waals surface area (Å²) in [4.78, 5) is 29.1. The smallest absolute Gasteiger partial charge is 0.339 e. The Hall–Kier alpha value is -3.65. The molecule has 0 saturated carbocycles. The lowest BCUT2D eigenvalue weighted by Crippen LogP contribution is -2.20. The van der Waals surface area contributed by atoms with Gasteiger partial charge in [-0.25, -0.2) is 9.78 Å². The normalized spacial score (nSPS) is 12.5. The summed E-state index contributed by atoms with van der Waals surface area (Å²) >= 11 is 1.35. The van der Waals surface area contributed by atoms with E-state index in [2.05, 4.69) is 17.2 Å².